The van der Waals surface area contributed by atoms with E-state index < -0.39 is 47.7 Å². The normalized spacial score (nSPS) is 16.7. The van der Waals surface area contributed by atoms with Gasteiger partial charge in [0.1, 0.15) is 30.3 Å². The minimum Gasteiger partial charge on any atom is -0.449 e. The molecule has 1 fully saturated rings. The van der Waals surface area contributed by atoms with Gasteiger partial charge in [-0.05, 0) is 88.5 Å². The minimum absolute atomic E-state index is 0.0593. The van der Waals surface area contributed by atoms with Crippen LogP contribution >= 0.6 is 0 Å². The van der Waals surface area contributed by atoms with Gasteiger partial charge in [-0.15, -0.1) is 0 Å². The lowest BCUT2D eigenvalue weighted by molar-refractivity contribution is -0.134. The van der Waals surface area contributed by atoms with Crippen LogP contribution in [0.4, 0.5) is 9.59 Å². The van der Waals surface area contributed by atoms with E-state index in [4.69, 9.17) is 9.47 Å². The van der Waals surface area contributed by atoms with Crippen molar-refractivity contribution in [3.8, 4) is 11.1 Å². The quantitative estimate of drug-likeness (QED) is 0.219. The Kier molecular flexibility index (Phi) is 12.9. The van der Waals surface area contributed by atoms with Crippen molar-refractivity contribution in [1.29, 1.82) is 0 Å². The maximum Gasteiger partial charge on any atom is 0.410 e. The number of nitrogens with one attached hydrogen (secondary N) is 4. The van der Waals surface area contributed by atoms with Crippen LogP contribution in [0.15, 0.2) is 48.5 Å². The smallest absolute Gasteiger partial charge is 0.410 e. The van der Waals surface area contributed by atoms with Crippen molar-refractivity contribution in [3.05, 3.63) is 59.7 Å². The highest BCUT2D eigenvalue weighted by molar-refractivity contribution is 5.94. The third-order valence-electron chi connectivity index (χ3n) is 8.78. The van der Waals surface area contributed by atoms with E-state index >= 15 is 0 Å². The van der Waals surface area contributed by atoms with E-state index in [2.05, 4.69) is 45.5 Å². The van der Waals surface area contributed by atoms with Crippen LogP contribution in [0.2, 0.25) is 0 Å². The van der Waals surface area contributed by atoms with Crippen molar-refractivity contribution in [1.82, 2.24) is 26.2 Å². The van der Waals surface area contributed by atoms with E-state index in [-0.39, 0.29) is 43.4 Å². The molecular weight excluding hydrogens is 638 g/mol. The summed E-state index contributed by atoms with van der Waals surface area (Å²) in [7, 11) is 0. The number of rotatable bonds is 13. The molecule has 272 valence electrons. The minimum atomic E-state index is -0.947. The molecule has 4 N–H and O–H groups in total. The van der Waals surface area contributed by atoms with Gasteiger partial charge in [0.05, 0.1) is 0 Å². The zero-order chi connectivity index (χ0) is 36.6. The average molecular weight is 692 g/mol. The van der Waals surface area contributed by atoms with E-state index in [1.54, 1.807) is 34.6 Å². The van der Waals surface area contributed by atoms with E-state index in [0.29, 0.717) is 25.8 Å². The van der Waals surface area contributed by atoms with Crippen LogP contribution in [0.1, 0.15) is 91.2 Å². The van der Waals surface area contributed by atoms with Gasteiger partial charge in [0.15, 0.2) is 0 Å². The Morgan fingerprint density at radius 2 is 1.48 bits per heavy atom. The lowest BCUT2D eigenvalue weighted by Gasteiger charge is -2.30. The summed E-state index contributed by atoms with van der Waals surface area (Å²) in [4.78, 5) is 66.9. The van der Waals surface area contributed by atoms with Crippen LogP contribution in [0.5, 0.6) is 0 Å². The monoisotopic (exact) mass is 691 g/mol. The van der Waals surface area contributed by atoms with Crippen molar-refractivity contribution < 1.29 is 33.4 Å². The molecule has 2 aromatic rings. The Bertz CT molecular complexity index is 1490. The fourth-order valence-electron chi connectivity index (χ4n) is 6.42. The molecule has 0 saturated carbocycles. The van der Waals surface area contributed by atoms with Crippen molar-refractivity contribution in [3.63, 3.8) is 0 Å². The summed E-state index contributed by atoms with van der Waals surface area (Å²) in [6.45, 7) is 13.3. The second-order valence-corrected chi connectivity index (χ2v) is 14.7. The zero-order valence-electron chi connectivity index (χ0n) is 30.3. The van der Waals surface area contributed by atoms with E-state index in [1.807, 2.05) is 38.1 Å². The summed E-state index contributed by atoms with van der Waals surface area (Å²) in [5.41, 5.74) is 3.82. The number of hydrogen-bond acceptors (Lipinski definition) is 7. The molecule has 2 aliphatic rings. The molecule has 1 saturated heterocycles. The van der Waals surface area contributed by atoms with Crippen LogP contribution < -0.4 is 21.3 Å². The molecule has 0 spiro atoms. The van der Waals surface area contributed by atoms with Crippen LogP contribution in [-0.4, -0.2) is 84.3 Å². The van der Waals surface area contributed by atoms with Gasteiger partial charge in [0.25, 0.3) is 0 Å². The number of fused-ring (bicyclic) bond motifs is 3. The van der Waals surface area contributed by atoms with Crippen LogP contribution in [0, 0.1) is 5.92 Å². The Hall–Kier alpha value is -4.61. The van der Waals surface area contributed by atoms with Gasteiger partial charge < -0.3 is 30.7 Å². The van der Waals surface area contributed by atoms with Crippen molar-refractivity contribution in [2.75, 3.05) is 19.7 Å². The third kappa shape index (κ3) is 9.98. The molecule has 1 heterocycles. The molecule has 0 radical (unpaired) electrons. The number of nitrogens with zero attached hydrogens (tertiary/aromatic N) is 1. The highest BCUT2D eigenvalue weighted by Crippen LogP contribution is 2.44. The van der Waals surface area contributed by atoms with E-state index in [1.165, 1.54) is 4.90 Å². The number of likely N-dealkylation sites (tertiary alicyclic amines) is 1. The zero-order valence-corrected chi connectivity index (χ0v) is 30.3. The molecular formula is C38H53N5O7. The van der Waals surface area contributed by atoms with Gasteiger partial charge in [-0.1, -0.05) is 62.4 Å². The molecule has 0 aromatic heterocycles. The first-order chi connectivity index (χ1) is 23.7. The summed E-state index contributed by atoms with van der Waals surface area (Å²) < 4.78 is 11.1. The van der Waals surface area contributed by atoms with Crippen molar-refractivity contribution in [2.45, 2.75) is 110 Å². The molecule has 50 heavy (non-hydrogen) atoms. The lowest BCUT2D eigenvalue weighted by atomic mass is 9.98. The number of carbonyl (C=O) groups is 5. The summed E-state index contributed by atoms with van der Waals surface area (Å²) in [6, 6.07) is 13.4. The maximum atomic E-state index is 13.6. The average Bonchev–Trinajstić information content (AvgIpc) is 3.66. The Morgan fingerprint density at radius 3 is 2.06 bits per heavy atom. The molecule has 1 aliphatic heterocycles. The topological polar surface area (TPSA) is 155 Å². The lowest BCUT2D eigenvalue weighted by Crippen LogP contribution is -2.58. The van der Waals surface area contributed by atoms with Gasteiger partial charge in [-0.2, -0.15) is 0 Å². The Labute approximate surface area is 295 Å². The fraction of sp³-hybridized carbons (Fsp3) is 0.553. The van der Waals surface area contributed by atoms with Gasteiger partial charge in [0.2, 0.25) is 17.7 Å². The third-order valence-corrected chi connectivity index (χ3v) is 8.78. The van der Waals surface area contributed by atoms with Gasteiger partial charge in [-0.25, -0.2) is 9.59 Å². The molecule has 2 aromatic carbocycles. The first kappa shape index (κ1) is 38.2. The SMILES string of the molecule is CC(C)NC(=O)[C@H](CCCNC(=O)OCC1c2ccccc2-c2ccccc21)NC(=O)[C@@H](NC(=O)[C@@H]1CCCN1C(=O)OC(C)(C)C)C(C)C. The molecule has 0 unspecified atom stereocenters. The van der Waals surface area contributed by atoms with Crippen LogP contribution in [0.25, 0.3) is 11.1 Å². The fourth-order valence-corrected chi connectivity index (χ4v) is 6.42. The number of benzene rings is 2. The second kappa shape index (κ2) is 16.9. The van der Waals surface area contributed by atoms with Crippen molar-refractivity contribution in [2.24, 2.45) is 5.92 Å². The number of amides is 5. The van der Waals surface area contributed by atoms with Crippen molar-refractivity contribution >= 4 is 29.9 Å². The van der Waals surface area contributed by atoms with E-state index in [0.717, 1.165) is 22.3 Å². The number of carbonyl (C=O) groups excluding carboxylic acids is 5. The summed E-state index contributed by atoms with van der Waals surface area (Å²) in [5.74, 6) is -1.69. The number of hydrogen-bond donors (Lipinski definition) is 4. The Balaban J connectivity index is 1.31. The molecule has 4 rings (SSSR count). The predicted octanol–water partition coefficient (Wildman–Crippen LogP) is 4.86. The molecule has 12 nitrogen and oxygen atoms in total. The van der Waals surface area contributed by atoms with E-state index in [9.17, 15) is 24.0 Å². The highest BCUT2D eigenvalue weighted by Gasteiger charge is 2.39. The molecule has 0 bridgehead atoms. The number of alkyl carbamates (subject to hydrolysis) is 1. The molecule has 1 aliphatic carbocycles. The first-order valence-electron chi connectivity index (χ1n) is 17.7. The second-order valence-electron chi connectivity index (χ2n) is 14.7. The Morgan fingerprint density at radius 1 is 0.860 bits per heavy atom. The van der Waals surface area contributed by atoms with Gasteiger partial charge in [-0.3, -0.25) is 19.3 Å². The number of ether oxygens (including phenoxy) is 2. The summed E-state index contributed by atoms with van der Waals surface area (Å²) >= 11 is 0. The molecule has 3 atom stereocenters. The maximum absolute atomic E-state index is 13.6. The highest BCUT2D eigenvalue weighted by atomic mass is 16.6. The van der Waals surface area contributed by atoms with Gasteiger partial charge in [0, 0.05) is 25.0 Å². The first-order valence-corrected chi connectivity index (χ1v) is 17.7. The molecule has 5 amide bonds. The molecule has 12 heteroatoms. The summed E-state index contributed by atoms with van der Waals surface area (Å²) in [6.07, 6.45) is 0.575. The largest absolute Gasteiger partial charge is 0.449 e. The van der Waals surface area contributed by atoms with Gasteiger partial charge >= 0.3 is 12.2 Å². The van der Waals surface area contributed by atoms with Crippen LogP contribution in [-0.2, 0) is 23.9 Å². The van der Waals surface area contributed by atoms with Crippen LogP contribution in [0.3, 0.4) is 0 Å². The predicted molar refractivity (Wildman–Crippen MR) is 190 cm³/mol. The standard InChI is InChI=1S/C38H53N5O7/c1-23(2)32(42-34(45)31-19-13-21-43(31)37(48)50-38(5,6)7)35(46)41-30(33(44)40-24(3)4)18-12-20-39-36(47)49-22-29-27-16-10-8-14-25(27)26-15-9-11-17-28(26)29/h8-11,14-17,23-24,29-32H,12-13,18-22H2,1-7H3,(H,39,47)(H,40,44)(H,41,46)(H,42,45)/t30-,31-,32-/m0/s1. The summed E-state index contributed by atoms with van der Waals surface area (Å²) in [5, 5.41) is 11.2.